The zero-order valence-electron chi connectivity index (χ0n) is 9.52. The summed E-state index contributed by atoms with van der Waals surface area (Å²) in [4.78, 5) is 0. The Morgan fingerprint density at radius 2 is 1.73 bits per heavy atom. The van der Waals surface area contributed by atoms with Crippen LogP contribution in [0.2, 0.25) is 0 Å². The van der Waals surface area contributed by atoms with E-state index in [1.54, 1.807) is 11.1 Å². The van der Waals surface area contributed by atoms with Crippen LogP contribution in [0.3, 0.4) is 0 Å². The van der Waals surface area contributed by atoms with Crippen LogP contribution in [-0.4, -0.2) is 0 Å². The molecule has 0 nitrogen and oxygen atoms in total. The van der Waals surface area contributed by atoms with Gasteiger partial charge in [0.2, 0.25) is 0 Å². The van der Waals surface area contributed by atoms with Crippen molar-refractivity contribution in [3.05, 3.63) is 20.4 Å². The molecule has 3 heteroatoms. The predicted octanol–water partition coefficient (Wildman–Crippen LogP) is 6.18. The number of allylic oxidation sites excluding steroid dienone is 2. The van der Waals surface area contributed by atoms with Gasteiger partial charge in [0.1, 0.15) is 0 Å². The Labute approximate surface area is 112 Å². The summed E-state index contributed by atoms with van der Waals surface area (Å²) < 4.78 is 1.43. The van der Waals surface area contributed by atoms with Crippen LogP contribution in [0.5, 0.6) is 0 Å². The molecule has 0 amide bonds. The SMILES string of the molecule is CCCCC1=C[SH](Br)C(Br)=C1CCCC. The Hall–Kier alpha value is 0.790. The summed E-state index contributed by atoms with van der Waals surface area (Å²) in [5.41, 5.74) is 3.19. The highest BCUT2D eigenvalue weighted by Gasteiger charge is 2.19. The third-order valence-corrected chi connectivity index (χ3v) is 8.59. The van der Waals surface area contributed by atoms with Crippen LogP contribution in [0.4, 0.5) is 0 Å². The summed E-state index contributed by atoms with van der Waals surface area (Å²) in [6.07, 6.45) is 7.70. The zero-order valence-corrected chi connectivity index (χ0v) is 13.6. The van der Waals surface area contributed by atoms with Gasteiger partial charge in [0.05, 0.1) is 0 Å². The molecule has 0 aromatic heterocycles. The van der Waals surface area contributed by atoms with Crippen LogP contribution in [0.25, 0.3) is 0 Å². The summed E-state index contributed by atoms with van der Waals surface area (Å²) >= 11 is 7.49. The lowest BCUT2D eigenvalue weighted by Gasteiger charge is -2.08. The van der Waals surface area contributed by atoms with E-state index in [9.17, 15) is 0 Å². The standard InChI is InChI=1S/C12H20Br2S/c1-3-5-7-10-9-15(14)12(13)11(10)8-6-4-2/h9,15H,3-8H2,1-2H3. The minimum atomic E-state index is -0.191. The predicted molar refractivity (Wildman–Crippen MR) is 81.0 cm³/mol. The molecule has 0 saturated heterocycles. The van der Waals surface area contributed by atoms with Crippen molar-refractivity contribution in [3.8, 4) is 0 Å². The maximum Gasteiger partial charge on any atom is 0.0470 e. The Balaban J connectivity index is 2.64. The Bertz CT molecular complexity index is 269. The molecule has 0 aromatic rings. The average molecular weight is 356 g/mol. The van der Waals surface area contributed by atoms with Gasteiger partial charge in [-0.25, -0.2) is 0 Å². The van der Waals surface area contributed by atoms with Crippen molar-refractivity contribution >= 4 is 40.1 Å². The minimum absolute atomic E-state index is 0.191. The monoisotopic (exact) mass is 354 g/mol. The van der Waals surface area contributed by atoms with Crippen molar-refractivity contribution in [1.82, 2.24) is 0 Å². The van der Waals surface area contributed by atoms with E-state index >= 15 is 0 Å². The number of hydrogen-bond acceptors (Lipinski definition) is 0. The topological polar surface area (TPSA) is 0 Å². The van der Waals surface area contributed by atoms with Crippen molar-refractivity contribution < 1.29 is 0 Å². The first-order valence-electron chi connectivity index (χ1n) is 5.75. The molecule has 0 N–H and O–H groups in total. The molecule has 1 unspecified atom stereocenters. The Morgan fingerprint density at radius 1 is 1.13 bits per heavy atom. The van der Waals surface area contributed by atoms with Gasteiger partial charge in [0.15, 0.2) is 0 Å². The van der Waals surface area contributed by atoms with Crippen molar-refractivity contribution in [2.24, 2.45) is 0 Å². The van der Waals surface area contributed by atoms with Crippen molar-refractivity contribution in [2.75, 3.05) is 0 Å². The average Bonchev–Trinajstić information content (AvgIpc) is 2.50. The van der Waals surface area contributed by atoms with E-state index in [4.69, 9.17) is 0 Å². The maximum atomic E-state index is 3.75. The molecule has 1 atom stereocenters. The van der Waals surface area contributed by atoms with Gasteiger partial charge in [0.25, 0.3) is 0 Å². The van der Waals surface area contributed by atoms with E-state index in [0.717, 1.165) is 0 Å². The molecule has 0 bridgehead atoms. The highest BCUT2D eigenvalue weighted by molar-refractivity contribution is 9.56. The second-order valence-electron chi connectivity index (χ2n) is 3.94. The largest absolute Gasteiger partial charge is 0.141 e. The van der Waals surface area contributed by atoms with Gasteiger partial charge in [0, 0.05) is 3.81 Å². The fourth-order valence-electron chi connectivity index (χ4n) is 1.73. The van der Waals surface area contributed by atoms with E-state index in [0.29, 0.717) is 0 Å². The summed E-state index contributed by atoms with van der Waals surface area (Å²) in [5, 5.41) is 2.43. The molecular formula is C12H20Br2S. The third-order valence-electron chi connectivity index (χ3n) is 2.67. The third kappa shape index (κ3) is 3.94. The van der Waals surface area contributed by atoms with Gasteiger partial charge in [-0.05, 0) is 73.0 Å². The second kappa shape index (κ2) is 7.18. The van der Waals surface area contributed by atoms with E-state index < -0.39 is 0 Å². The van der Waals surface area contributed by atoms with Crippen LogP contribution in [0, 0.1) is 0 Å². The Morgan fingerprint density at radius 3 is 2.33 bits per heavy atom. The molecule has 88 valence electrons. The second-order valence-corrected chi connectivity index (χ2v) is 8.97. The number of rotatable bonds is 6. The van der Waals surface area contributed by atoms with Gasteiger partial charge in [-0.15, -0.1) is 9.33 Å². The first kappa shape index (κ1) is 13.9. The molecule has 1 heterocycles. The van der Waals surface area contributed by atoms with Crippen LogP contribution in [0.1, 0.15) is 52.4 Å². The van der Waals surface area contributed by atoms with Gasteiger partial charge in [-0.2, -0.15) is 0 Å². The Kier molecular flexibility index (Phi) is 6.63. The highest BCUT2D eigenvalue weighted by Crippen LogP contribution is 2.57. The molecule has 15 heavy (non-hydrogen) atoms. The van der Waals surface area contributed by atoms with Crippen LogP contribution in [-0.2, 0) is 0 Å². The van der Waals surface area contributed by atoms with E-state index in [1.165, 1.54) is 42.3 Å². The van der Waals surface area contributed by atoms with E-state index in [2.05, 4.69) is 50.0 Å². The lowest BCUT2D eigenvalue weighted by molar-refractivity contribution is 0.755. The zero-order chi connectivity index (χ0) is 11.3. The summed E-state index contributed by atoms with van der Waals surface area (Å²) in [6.45, 7) is 4.52. The normalized spacial score (nSPS) is 23.5. The molecule has 0 aliphatic carbocycles. The van der Waals surface area contributed by atoms with Crippen LogP contribution in [0.15, 0.2) is 20.4 Å². The highest BCUT2D eigenvalue weighted by atomic mass is 79.9. The number of hydrogen-bond donors (Lipinski definition) is 1. The molecular weight excluding hydrogens is 336 g/mol. The van der Waals surface area contributed by atoms with E-state index in [-0.39, 0.29) is 9.33 Å². The molecule has 0 fully saturated rings. The van der Waals surface area contributed by atoms with Crippen molar-refractivity contribution in [1.29, 1.82) is 0 Å². The molecule has 1 rings (SSSR count). The molecule has 1 aliphatic rings. The molecule has 0 spiro atoms. The molecule has 0 radical (unpaired) electrons. The molecule has 0 saturated carbocycles. The maximum absolute atomic E-state index is 3.75. The lowest BCUT2D eigenvalue weighted by atomic mass is 9.99. The first-order chi connectivity index (χ1) is 7.20. The fourth-order valence-corrected chi connectivity index (χ4v) is 5.06. The van der Waals surface area contributed by atoms with Crippen LogP contribution < -0.4 is 0 Å². The van der Waals surface area contributed by atoms with Crippen molar-refractivity contribution in [2.45, 2.75) is 52.4 Å². The van der Waals surface area contributed by atoms with E-state index in [1.807, 2.05) is 0 Å². The summed E-state index contributed by atoms with van der Waals surface area (Å²) in [5.74, 6) is 0. The van der Waals surface area contributed by atoms with Gasteiger partial charge >= 0.3 is 0 Å². The van der Waals surface area contributed by atoms with Crippen LogP contribution >= 0.6 is 40.1 Å². The smallest absolute Gasteiger partial charge is 0.0470 e. The first-order valence-corrected chi connectivity index (χ1v) is 9.97. The summed E-state index contributed by atoms with van der Waals surface area (Å²) in [7, 11) is -0.191. The van der Waals surface area contributed by atoms with Gasteiger partial charge in [-0.1, -0.05) is 26.7 Å². The number of halogens is 2. The molecule has 1 aliphatic heterocycles. The lowest BCUT2D eigenvalue weighted by Crippen LogP contribution is -1.89. The minimum Gasteiger partial charge on any atom is -0.141 e. The van der Waals surface area contributed by atoms with Crippen molar-refractivity contribution in [3.63, 3.8) is 0 Å². The van der Waals surface area contributed by atoms with Gasteiger partial charge < -0.3 is 0 Å². The number of unbranched alkanes of at least 4 members (excludes halogenated alkanes) is 2. The van der Waals surface area contributed by atoms with Gasteiger partial charge in [-0.3, -0.25) is 0 Å². The fraction of sp³-hybridized carbons (Fsp3) is 0.667. The quantitative estimate of drug-likeness (QED) is 0.540. The summed E-state index contributed by atoms with van der Waals surface area (Å²) in [6, 6.07) is 0. The number of thiol groups is 1. The molecule has 0 aromatic carbocycles.